The van der Waals surface area contributed by atoms with Crippen molar-refractivity contribution in [2.45, 2.75) is 38.6 Å². The smallest absolute Gasteiger partial charge is 0.131 e. The van der Waals surface area contributed by atoms with Gasteiger partial charge in [-0.15, -0.1) is 12.4 Å². The Bertz CT molecular complexity index is 425. The molecule has 0 aliphatic carbocycles. The second-order valence-electron chi connectivity index (χ2n) is 5.50. The van der Waals surface area contributed by atoms with Gasteiger partial charge in [0.2, 0.25) is 0 Å². The quantitative estimate of drug-likeness (QED) is 0.789. The van der Waals surface area contributed by atoms with Crippen LogP contribution in [-0.2, 0) is 0 Å². The molecule has 0 aromatic heterocycles. The third kappa shape index (κ3) is 5.13. The van der Waals surface area contributed by atoms with E-state index in [2.05, 4.69) is 17.1 Å². The van der Waals surface area contributed by atoms with E-state index in [1.165, 1.54) is 18.9 Å². The minimum atomic E-state index is -0.287. The maximum Gasteiger partial charge on any atom is 0.131 e. The molecule has 1 saturated heterocycles. The summed E-state index contributed by atoms with van der Waals surface area (Å²) >= 11 is 0. The van der Waals surface area contributed by atoms with Gasteiger partial charge >= 0.3 is 0 Å². The zero-order valence-corrected chi connectivity index (χ0v) is 13.5. The Kier molecular flexibility index (Phi) is 8.01. The molecule has 0 saturated carbocycles. The molecule has 1 aliphatic rings. The summed E-state index contributed by atoms with van der Waals surface area (Å²) in [7, 11) is 0. The van der Waals surface area contributed by atoms with Crippen molar-refractivity contribution in [1.29, 1.82) is 0 Å². The fraction of sp³-hybridized carbons (Fsp3) is 0.625. The van der Waals surface area contributed by atoms with E-state index in [1.807, 2.05) is 0 Å². The molecular formula is C16H26ClFN2O. The number of piperazine rings is 1. The summed E-state index contributed by atoms with van der Waals surface area (Å²) < 4.78 is 14.2. The van der Waals surface area contributed by atoms with Gasteiger partial charge in [-0.05, 0) is 12.5 Å². The first-order chi connectivity index (χ1) is 9.72. The van der Waals surface area contributed by atoms with E-state index in [4.69, 9.17) is 0 Å². The molecule has 120 valence electrons. The third-order valence-electron chi connectivity index (χ3n) is 4.02. The van der Waals surface area contributed by atoms with Crippen LogP contribution in [0.2, 0.25) is 0 Å². The highest BCUT2D eigenvalue weighted by Gasteiger charge is 2.24. The number of phenols is 1. The first-order valence-corrected chi connectivity index (χ1v) is 7.65. The molecule has 21 heavy (non-hydrogen) atoms. The normalized spacial score (nSPS) is 17.2. The average molecular weight is 317 g/mol. The Labute approximate surface area is 132 Å². The zero-order chi connectivity index (χ0) is 14.4. The van der Waals surface area contributed by atoms with Gasteiger partial charge in [-0.1, -0.05) is 32.3 Å². The van der Waals surface area contributed by atoms with Crippen molar-refractivity contribution in [3.63, 3.8) is 0 Å². The Hall–Kier alpha value is -0.840. The highest BCUT2D eigenvalue weighted by atomic mass is 35.5. The Balaban J connectivity index is 0.00000220. The number of phenolic OH excluding ortho intramolecular Hbond substituents is 1. The number of nitrogens with one attached hydrogen (secondary N) is 1. The molecule has 0 unspecified atom stereocenters. The number of unbranched alkanes of at least 4 members (excludes halogenated alkanes) is 2. The van der Waals surface area contributed by atoms with Crippen molar-refractivity contribution in [3.8, 4) is 5.75 Å². The summed E-state index contributed by atoms with van der Waals surface area (Å²) in [6.07, 6.45) is 4.45. The fourth-order valence-corrected chi connectivity index (χ4v) is 2.90. The molecule has 1 fully saturated rings. The van der Waals surface area contributed by atoms with E-state index in [0.717, 1.165) is 44.6 Å². The molecule has 0 spiro atoms. The Morgan fingerprint density at radius 1 is 1.29 bits per heavy atom. The molecule has 1 atom stereocenters. The summed E-state index contributed by atoms with van der Waals surface area (Å²) in [4.78, 5) is 2.36. The summed E-state index contributed by atoms with van der Waals surface area (Å²) in [5, 5.41) is 12.7. The van der Waals surface area contributed by atoms with E-state index < -0.39 is 0 Å². The molecule has 5 heteroatoms. The van der Waals surface area contributed by atoms with Gasteiger partial charge < -0.3 is 10.4 Å². The van der Waals surface area contributed by atoms with E-state index in [-0.39, 0.29) is 30.0 Å². The Morgan fingerprint density at radius 3 is 2.62 bits per heavy atom. The molecule has 0 bridgehead atoms. The molecular weight excluding hydrogens is 291 g/mol. The highest BCUT2D eigenvalue weighted by molar-refractivity contribution is 5.85. The predicted octanol–water partition coefficient (Wildman–Crippen LogP) is 3.48. The predicted molar refractivity (Wildman–Crippen MR) is 86.6 cm³/mol. The Morgan fingerprint density at radius 2 is 2.00 bits per heavy atom. The van der Waals surface area contributed by atoms with Crippen LogP contribution in [0, 0.1) is 5.82 Å². The maximum absolute atomic E-state index is 14.2. The molecule has 1 aromatic rings. The van der Waals surface area contributed by atoms with Crippen molar-refractivity contribution in [3.05, 3.63) is 29.6 Å². The number of hydrogen-bond donors (Lipinski definition) is 2. The number of aromatic hydroxyl groups is 1. The van der Waals surface area contributed by atoms with Gasteiger partial charge in [0.1, 0.15) is 11.6 Å². The lowest BCUT2D eigenvalue weighted by atomic mass is 9.97. The maximum atomic E-state index is 14.2. The van der Waals surface area contributed by atoms with Gasteiger partial charge in [0.05, 0.1) is 0 Å². The van der Waals surface area contributed by atoms with E-state index >= 15 is 0 Å². The minimum absolute atomic E-state index is 0. The number of benzene rings is 1. The van der Waals surface area contributed by atoms with E-state index in [0.29, 0.717) is 0 Å². The topological polar surface area (TPSA) is 35.5 Å². The van der Waals surface area contributed by atoms with Crippen molar-refractivity contribution < 1.29 is 9.50 Å². The van der Waals surface area contributed by atoms with Crippen LogP contribution < -0.4 is 5.32 Å². The first kappa shape index (κ1) is 18.2. The van der Waals surface area contributed by atoms with Crippen LogP contribution in [0.1, 0.15) is 44.2 Å². The van der Waals surface area contributed by atoms with Crippen molar-refractivity contribution in [2.75, 3.05) is 26.2 Å². The van der Waals surface area contributed by atoms with Crippen LogP contribution in [0.15, 0.2) is 18.2 Å². The van der Waals surface area contributed by atoms with Crippen molar-refractivity contribution in [1.82, 2.24) is 10.2 Å². The lowest BCUT2D eigenvalue weighted by molar-refractivity contribution is 0.159. The highest BCUT2D eigenvalue weighted by Crippen LogP contribution is 2.30. The van der Waals surface area contributed by atoms with Crippen molar-refractivity contribution >= 4 is 12.4 Å². The van der Waals surface area contributed by atoms with Gasteiger partial charge in [0.25, 0.3) is 0 Å². The number of halogens is 2. The molecule has 3 nitrogen and oxygen atoms in total. The van der Waals surface area contributed by atoms with Crippen LogP contribution in [0.25, 0.3) is 0 Å². The lowest BCUT2D eigenvalue weighted by Crippen LogP contribution is -2.45. The van der Waals surface area contributed by atoms with E-state index in [1.54, 1.807) is 12.1 Å². The molecule has 2 rings (SSSR count). The second-order valence-corrected chi connectivity index (χ2v) is 5.50. The van der Waals surface area contributed by atoms with E-state index in [9.17, 15) is 9.50 Å². The second kappa shape index (κ2) is 9.23. The first-order valence-electron chi connectivity index (χ1n) is 7.65. The van der Waals surface area contributed by atoms with Gasteiger partial charge in [-0.25, -0.2) is 4.39 Å². The number of nitrogens with zero attached hydrogens (tertiary/aromatic N) is 1. The lowest BCUT2D eigenvalue weighted by Gasteiger charge is -2.35. The molecule has 1 aliphatic heterocycles. The standard InChI is InChI=1S/C16H25FN2O.ClH/c1-2-3-4-5-16(19-10-8-18-9-11-19)14-7-6-13(20)12-15(14)17;/h6-7,12,16,18,20H,2-5,8-11H2,1H3;1H/t16-;/m1./s1. The van der Waals surface area contributed by atoms with Gasteiger partial charge in [0.15, 0.2) is 0 Å². The van der Waals surface area contributed by atoms with Crippen LogP contribution in [-0.4, -0.2) is 36.2 Å². The minimum Gasteiger partial charge on any atom is -0.508 e. The SMILES string of the molecule is CCCCC[C@H](c1ccc(O)cc1F)N1CCNCC1.Cl. The monoisotopic (exact) mass is 316 g/mol. The third-order valence-corrected chi connectivity index (χ3v) is 4.02. The van der Waals surface area contributed by atoms with Gasteiger partial charge in [-0.2, -0.15) is 0 Å². The van der Waals surface area contributed by atoms with Crippen molar-refractivity contribution in [2.24, 2.45) is 0 Å². The zero-order valence-electron chi connectivity index (χ0n) is 12.6. The summed E-state index contributed by atoms with van der Waals surface area (Å²) in [5.41, 5.74) is 0.723. The van der Waals surface area contributed by atoms with Crippen LogP contribution in [0.4, 0.5) is 4.39 Å². The molecule has 0 amide bonds. The summed E-state index contributed by atoms with van der Waals surface area (Å²) in [6.45, 7) is 6.02. The number of hydrogen-bond acceptors (Lipinski definition) is 3. The van der Waals surface area contributed by atoms with Gasteiger partial charge in [-0.3, -0.25) is 4.90 Å². The summed E-state index contributed by atoms with van der Waals surface area (Å²) in [6, 6.07) is 4.69. The summed E-state index contributed by atoms with van der Waals surface area (Å²) in [5.74, 6) is -0.288. The van der Waals surface area contributed by atoms with Crippen LogP contribution >= 0.6 is 12.4 Å². The van der Waals surface area contributed by atoms with Crippen LogP contribution in [0.3, 0.4) is 0 Å². The van der Waals surface area contributed by atoms with Crippen LogP contribution in [0.5, 0.6) is 5.75 Å². The molecule has 2 N–H and O–H groups in total. The molecule has 1 heterocycles. The largest absolute Gasteiger partial charge is 0.508 e. The molecule has 1 aromatic carbocycles. The fourth-order valence-electron chi connectivity index (χ4n) is 2.90. The molecule has 0 radical (unpaired) electrons. The average Bonchev–Trinajstić information content (AvgIpc) is 2.46. The van der Waals surface area contributed by atoms with Gasteiger partial charge in [0, 0.05) is 43.9 Å². The number of rotatable bonds is 6.